The van der Waals surface area contributed by atoms with E-state index in [1.54, 1.807) is 23.6 Å². The number of nitrogens with zero attached hydrogens (tertiary/aromatic N) is 2. The van der Waals surface area contributed by atoms with Crippen LogP contribution in [0.4, 0.5) is 4.39 Å². The molecule has 1 amide bonds. The van der Waals surface area contributed by atoms with E-state index in [1.807, 2.05) is 6.07 Å². The van der Waals surface area contributed by atoms with Gasteiger partial charge in [0.1, 0.15) is 12.4 Å². The molecule has 0 aliphatic rings. The van der Waals surface area contributed by atoms with E-state index >= 15 is 0 Å². The fraction of sp³-hybridized carbons (Fsp3) is 0.167. The highest BCUT2D eigenvalue weighted by molar-refractivity contribution is 7.16. The number of para-hydroxylation sites is 1. The summed E-state index contributed by atoms with van der Waals surface area (Å²) in [6.07, 6.45) is 0. The van der Waals surface area contributed by atoms with E-state index in [0.717, 1.165) is 4.70 Å². The molecular weight excluding hydrogens is 379 g/mol. The topological polar surface area (TPSA) is 60.7 Å². The van der Waals surface area contributed by atoms with Gasteiger partial charge in [0.25, 0.3) is 5.91 Å². The number of hydrogen-bond donors (Lipinski definition) is 0. The number of aromatic nitrogens is 1. The number of benzene rings is 2. The van der Waals surface area contributed by atoms with Crippen molar-refractivity contribution in [3.63, 3.8) is 0 Å². The SMILES string of the molecule is CCOC(=O)Cn1c(=NC(=O)c2ccc(F)cc2)sc2cccc(Cl)c21. The second-order valence-electron chi connectivity index (χ2n) is 5.29. The molecular formula is C18H14ClFN2O3S. The molecule has 0 aliphatic carbocycles. The summed E-state index contributed by atoms with van der Waals surface area (Å²) < 4.78 is 20.4. The zero-order valence-corrected chi connectivity index (χ0v) is 15.3. The standard InChI is InChI=1S/C18H14ClFN2O3S/c1-2-25-15(23)10-22-16-13(19)4-3-5-14(16)26-18(22)21-17(24)11-6-8-12(20)9-7-11/h3-9H,2,10H2,1H3. The second-order valence-corrected chi connectivity index (χ2v) is 6.70. The van der Waals surface area contributed by atoms with Gasteiger partial charge in [0.15, 0.2) is 4.80 Å². The van der Waals surface area contributed by atoms with Crippen LogP contribution in [-0.2, 0) is 16.1 Å². The molecule has 0 saturated heterocycles. The number of esters is 1. The molecule has 1 aromatic heterocycles. The predicted octanol–water partition coefficient (Wildman–Crippen LogP) is 3.80. The van der Waals surface area contributed by atoms with Crippen LogP contribution in [0.3, 0.4) is 0 Å². The van der Waals surface area contributed by atoms with Gasteiger partial charge in [-0.3, -0.25) is 9.59 Å². The smallest absolute Gasteiger partial charge is 0.326 e. The molecule has 2 aromatic carbocycles. The van der Waals surface area contributed by atoms with Crippen LogP contribution in [0.5, 0.6) is 0 Å². The Bertz CT molecular complexity index is 1040. The van der Waals surface area contributed by atoms with Crippen LogP contribution in [0.2, 0.25) is 5.02 Å². The molecule has 8 heteroatoms. The van der Waals surface area contributed by atoms with Crippen LogP contribution in [0.1, 0.15) is 17.3 Å². The molecule has 0 saturated carbocycles. The first-order valence-corrected chi connectivity index (χ1v) is 8.97. The Morgan fingerprint density at radius 3 is 2.65 bits per heavy atom. The minimum Gasteiger partial charge on any atom is -0.465 e. The Kier molecular flexibility index (Phi) is 5.49. The van der Waals surface area contributed by atoms with Gasteiger partial charge in [-0.2, -0.15) is 4.99 Å². The van der Waals surface area contributed by atoms with E-state index in [1.165, 1.54) is 35.6 Å². The molecule has 0 N–H and O–H groups in total. The van der Waals surface area contributed by atoms with E-state index in [0.29, 0.717) is 15.3 Å². The maximum absolute atomic E-state index is 13.0. The Labute approximate surface area is 157 Å². The summed E-state index contributed by atoms with van der Waals surface area (Å²) in [7, 11) is 0. The first kappa shape index (κ1) is 18.3. The molecule has 0 fully saturated rings. The van der Waals surface area contributed by atoms with Crippen molar-refractivity contribution >= 4 is 45.0 Å². The Balaban J connectivity index is 2.12. The van der Waals surface area contributed by atoms with Crippen LogP contribution in [0.25, 0.3) is 10.2 Å². The van der Waals surface area contributed by atoms with Crippen molar-refractivity contribution in [3.05, 3.63) is 63.7 Å². The van der Waals surface area contributed by atoms with Gasteiger partial charge in [0.05, 0.1) is 21.8 Å². The average Bonchev–Trinajstić information content (AvgIpc) is 2.94. The van der Waals surface area contributed by atoms with E-state index in [2.05, 4.69) is 4.99 Å². The molecule has 5 nitrogen and oxygen atoms in total. The van der Waals surface area contributed by atoms with Crippen LogP contribution in [0.15, 0.2) is 47.5 Å². The Hall–Kier alpha value is -2.51. The van der Waals surface area contributed by atoms with Gasteiger partial charge in [-0.1, -0.05) is 29.0 Å². The van der Waals surface area contributed by atoms with Crippen LogP contribution in [0, 0.1) is 5.82 Å². The molecule has 134 valence electrons. The first-order valence-electron chi connectivity index (χ1n) is 7.77. The van der Waals surface area contributed by atoms with Gasteiger partial charge in [-0.05, 0) is 43.3 Å². The Morgan fingerprint density at radius 2 is 1.96 bits per heavy atom. The largest absolute Gasteiger partial charge is 0.465 e. The maximum atomic E-state index is 13.0. The highest BCUT2D eigenvalue weighted by Gasteiger charge is 2.15. The zero-order valence-electron chi connectivity index (χ0n) is 13.7. The van der Waals surface area contributed by atoms with E-state index in [4.69, 9.17) is 16.3 Å². The van der Waals surface area contributed by atoms with Gasteiger partial charge in [-0.15, -0.1) is 0 Å². The number of carbonyl (C=O) groups is 2. The molecule has 3 aromatic rings. The third kappa shape index (κ3) is 3.84. The highest BCUT2D eigenvalue weighted by Crippen LogP contribution is 2.25. The molecule has 3 rings (SSSR count). The summed E-state index contributed by atoms with van der Waals surface area (Å²) >= 11 is 7.51. The predicted molar refractivity (Wildman–Crippen MR) is 97.8 cm³/mol. The summed E-state index contributed by atoms with van der Waals surface area (Å²) in [4.78, 5) is 28.8. The van der Waals surface area contributed by atoms with Gasteiger partial charge in [0.2, 0.25) is 0 Å². The monoisotopic (exact) mass is 392 g/mol. The molecule has 0 aliphatic heterocycles. The number of halogens is 2. The molecule has 0 spiro atoms. The minimum absolute atomic E-state index is 0.118. The summed E-state index contributed by atoms with van der Waals surface area (Å²) in [5.41, 5.74) is 0.857. The summed E-state index contributed by atoms with van der Waals surface area (Å²) in [5, 5.41) is 0.443. The first-order chi connectivity index (χ1) is 12.5. The lowest BCUT2D eigenvalue weighted by Gasteiger charge is -2.06. The summed E-state index contributed by atoms with van der Waals surface area (Å²) in [6.45, 7) is 1.84. The molecule has 0 bridgehead atoms. The van der Waals surface area contributed by atoms with Crippen molar-refractivity contribution in [2.75, 3.05) is 6.61 Å². The number of thiazole rings is 1. The summed E-state index contributed by atoms with van der Waals surface area (Å²) in [6, 6.07) is 10.4. The van der Waals surface area contributed by atoms with Crippen LogP contribution < -0.4 is 4.80 Å². The van der Waals surface area contributed by atoms with Crippen molar-refractivity contribution in [2.24, 2.45) is 4.99 Å². The van der Waals surface area contributed by atoms with E-state index < -0.39 is 17.7 Å². The normalized spacial score (nSPS) is 11.7. The fourth-order valence-electron chi connectivity index (χ4n) is 2.40. The molecule has 0 atom stereocenters. The number of carbonyl (C=O) groups excluding carboxylic acids is 2. The molecule has 0 unspecified atom stereocenters. The molecule has 0 radical (unpaired) electrons. The maximum Gasteiger partial charge on any atom is 0.326 e. The van der Waals surface area contributed by atoms with Crippen molar-refractivity contribution < 1.29 is 18.7 Å². The van der Waals surface area contributed by atoms with Gasteiger partial charge < -0.3 is 9.30 Å². The van der Waals surface area contributed by atoms with Crippen LogP contribution in [-0.4, -0.2) is 23.1 Å². The van der Waals surface area contributed by atoms with Crippen molar-refractivity contribution in [3.8, 4) is 0 Å². The lowest BCUT2D eigenvalue weighted by Crippen LogP contribution is -2.23. The molecule has 1 heterocycles. The number of hydrogen-bond acceptors (Lipinski definition) is 4. The van der Waals surface area contributed by atoms with Gasteiger partial charge in [0, 0.05) is 5.56 Å². The fourth-order valence-corrected chi connectivity index (χ4v) is 3.79. The van der Waals surface area contributed by atoms with Crippen LogP contribution >= 0.6 is 22.9 Å². The highest BCUT2D eigenvalue weighted by atomic mass is 35.5. The number of amides is 1. The van der Waals surface area contributed by atoms with E-state index in [9.17, 15) is 14.0 Å². The minimum atomic E-state index is -0.537. The van der Waals surface area contributed by atoms with Gasteiger partial charge in [-0.25, -0.2) is 4.39 Å². The second kappa shape index (κ2) is 7.80. The zero-order chi connectivity index (χ0) is 18.7. The third-order valence-corrected chi connectivity index (χ3v) is 4.88. The third-order valence-electron chi connectivity index (χ3n) is 3.53. The molecule has 26 heavy (non-hydrogen) atoms. The lowest BCUT2D eigenvalue weighted by atomic mass is 10.2. The number of rotatable bonds is 4. The Morgan fingerprint density at radius 1 is 1.23 bits per heavy atom. The van der Waals surface area contributed by atoms with Crippen molar-refractivity contribution in [2.45, 2.75) is 13.5 Å². The van der Waals surface area contributed by atoms with Crippen molar-refractivity contribution in [1.82, 2.24) is 4.57 Å². The quantitative estimate of drug-likeness (QED) is 0.634. The number of ether oxygens (including phenoxy) is 1. The van der Waals surface area contributed by atoms with Crippen molar-refractivity contribution in [1.29, 1.82) is 0 Å². The van der Waals surface area contributed by atoms with E-state index in [-0.39, 0.29) is 18.7 Å². The number of fused-ring (bicyclic) bond motifs is 1. The average molecular weight is 393 g/mol. The summed E-state index contributed by atoms with van der Waals surface area (Å²) in [5.74, 6) is -1.43. The lowest BCUT2D eigenvalue weighted by molar-refractivity contribution is -0.143. The van der Waals surface area contributed by atoms with Gasteiger partial charge >= 0.3 is 5.97 Å².